The minimum absolute atomic E-state index is 0.00168. The van der Waals surface area contributed by atoms with Crippen LogP contribution in [0.2, 0.25) is 0 Å². The molecule has 7 aromatic carbocycles. The van der Waals surface area contributed by atoms with Crippen LogP contribution in [0.5, 0.6) is 0 Å². The second kappa shape index (κ2) is 16.3. The van der Waals surface area contributed by atoms with Crippen molar-refractivity contribution >= 4 is 79.2 Å². The molecule has 78 heavy (non-hydrogen) atoms. The van der Waals surface area contributed by atoms with Crippen molar-refractivity contribution in [3.63, 3.8) is 0 Å². The van der Waals surface area contributed by atoms with E-state index < -0.39 is 0 Å². The fourth-order valence-electron chi connectivity index (χ4n) is 15.2. The summed E-state index contributed by atoms with van der Waals surface area (Å²) in [5.74, 6) is 0. The molecule has 13 rings (SSSR count). The third-order valence-electron chi connectivity index (χ3n) is 20.8. The zero-order valence-corrected chi connectivity index (χ0v) is 50.6. The molecule has 2 aliphatic heterocycles. The van der Waals surface area contributed by atoms with Gasteiger partial charge in [-0.3, -0.25) is 0 Å². The highest BCUT2D eigenvalue weighted by atomic mass is 16.3. The molecule has 0 bridgehead atoms. The molecule has 0 N–H and O–H groups in total. The standard InChI is InChI=1S/C74H85BN2O/c1-67(2,3)45-24-28-58(49(36-45)44-22-20-19-21-23-44)77-59-29-26-48-50-40-53-56(74(17,18)35-32-71(53,11)12)43-63(50)78-66(48)65(59)75-57-41-54-55(73(15,16)34-33-72(54,13)14)42-60(57)76(61-37-46(68(4,5)6)38-62(77)64(61)75)47-25-27-51-52(39-47)70(9,10)31-30-69(51,7)8/h19-29,36-43H,30-35H2,1-18H3. The molecule has 4 heteroatoms. The van der Waals surface area contributed by atoms with E-state index in [0.717, 1.165) is 36.8 Å². The fourth-order valence-corrected chi connectivity index (χ4v) is 15.2. The zero-order chi connectivity index (χ0) is 55.4. The molecule has 8 aromatic rings. The Labute approximate surface area is 468 Å². The van der Waals surface area contributed by atoms with Crippen molar-refractivity contribution in [3.8, 4) is 11.1 Å². The first-order valence-corrected chi connectivity index (χ1v) is 29.7. The van der Waals surface area contributed by atoms with Crippen LogP contribution >= 0.6 is 0 Å². The minimum Gasteiger partial charge on any atom is -0.457 e. The van der Waals surface area contributed by atoms with Crippen molar-refractivity contribution in [1.82, 2.24) is 0 Å². The first-order valence-electron chi connectivity index (χ1n) is 29.7. The van der Waals surface area contributed by atoms with Crippen LogP contribution < -0.4 is 26.2 Å². The summed E-state index contributed by atoms with van der Waals surface area (Å²) in [5.41, 5.74) is 27.4. The molecule has 0 amide bonds. The maximum absolute atomic E-state index is 7.71. The van der Waals surface area contributed by atoms with Gasteiger partial charge in [-0.05, 0) is 215 Å². The van der Waals surface area contributed by atoms with E-state index in [9.17, 15) is 0 Å². The maximum Gasteiger partial charge on any atom is 0.257 e. The Kier molecular flexibility index (Phi) is 10.8. The van der Waals surface area contributed by atoms with E-state index >= 15 is 0 Å². The van der Waals surface area contributed by atoms with Crippen molar-refractivity contribution in [3.05, 3.63) is 160 Å². The average molecular weight is 1030 g/mol. The summed E-state index contributed by atoms with van der Waals surface area (Å²) in [6.07, 6.45) is 6.97. The number of nitrogens with zero attached hydrogens (tertiary/aromatic N) is 2. The van der Waals surface area contributed by atoms with Gasteiger partial charge < -0.3 is 14.2 Å². The molecule has 3 heterocycles. The quantitative estimate of drug-likeness (QED) is 0.164. The van der Waals surface area contributed by atoms with Gasteiger partial charge in [0, 0.05) is 44.8 Å². The maximum atomic E-state index is 7.71. The summed E-state index contributed by atoms with van der Waals surface area (Å²) >= 11 is 0. The summed E-state index contributed by atoms with van der Waals surface area (Å²) in [6.45, 7) is 43.8. The Balaban J connectivity index is 1.21. The third-order valence-corrected chi connectivity index (χ3v) is 20.8. The summed E-state index contributed by atoms with van der Waals surface area (Å²) < 4.78 is 7.71. The van der Waals surface area contributed by atoms with E-state index in [1.165, 1.54) is 130 Å². The molecule has 0 fully saturated rings. The van der Waals surface area contributed by atoms with Crippen molar-refractivity contribution in [2.24, 2.45) is 0 Å². The second-order valence-corrected chi connectivity index (χ2v) is 31.0. The summed E-state index contributed by atoms with van der Waals surface area (Å²) in [7, 11) is 0. The zero-order valence-electron chi connectivity index (χ0n) is 50.6. The molecule has 400 valence electrons. The smallest absolute Gasteiger partial charge is 0.257 e. The van der Waals surface area contributed by atoms with Crippen LogP contribution in [0.15, 0.2) is 120 Å². The van der Waals surface area contributed by atoms with Crippen LogP contribution in [0.3, 0.4) is 0 Å². The number of rotatable bonds is 3. The Morgan fingerprint density at radius 2 is 0.910 bits per heavy atom. The monoisotopic (exact) mass is 1030 g/mol. The summed E-state index contributed by atoms with van der Waals surface area (Å²) in [4.78, 5) is 5.41. The highest BCUT2D eigenvalue weighted by Crippen LogP contribution is 2.55. The molecule has 5 aliphatic rings. The van der Waals surface area contributed by atoms with Gasteiger partial charge in [-0.15, -0.1) is 0 Å². The van der Waals surface area contributed by atoms with E-state index in [0.29, 0.717) is 0 Å². The molecular weight excluding hydrogens is 944 g/mol. The van der Waals surface area contributed by atoms with Gasteiger partial charge >= 0.3 is 0 Å². The molecule has 3 aliphatic carbocycles. The van der Waals surface area contributed by atoms with Crippen LogP contribution in [-0.2, 0) is 43.3 Å². The molecule has 1 aromatic heterocycles. The minimum atomic E-state index is -0.162. The number of anilines is 6. The Morgan fingerprint density at radius 1 is 0.397 bits per heavy atom. The SMILES string of the molecule is CC(C)(C)c1ccc(N2c3cc(C(C)(C)C)cc4c3B(c3cc5c(cc3N4c3ccc4c(c3)C(C)(C)CCC4(C)C)C(C)(C)CCC5(C)C)c3c2ccc2c3oc3cc4c(cc32)C(C)(C)CCC4(C)C)c(-c2ccccc2)c1. The first kappa shape index (κ1) is 51.4. The molecule has 0 spiro atoms. The Bertz CT molecular complexity index is 3840. The van der Waals surface area contributed by atoms with E-state index in [1.807, 2.05) is 0 Å². The normalized spacial score (nSPS) is 19.9. The van der Waals surface area contributed by atoms with E-state index in [2.05, 4.69) is 250 Å². The van der Waals surface area contributed by atoms with Crippen LogP contribution in [0, 0.1) is 0 Å². The first-order chi connectivity index (χ1) is 36.4. The largest absolute Gasteiger partial charge is 0.457 e. The topological polar surface area (TPSA) is 19.6 Å². The van der Waals surface area contributed by atoms with Gasteiger partial charge in [-0.1, -0.05) is 173 Å². The van der Waals surface area contributed by atoms with Gasteiger partial charge in [0.1, 0.15) is 11.2 Å². The Morgan fingerprint density at radius 3 is 1.50 bits per heavy atom. The number of fused-ring (bicyclic) bond motifs is 11. The third kappa shape index (κ3) is 7.56. The van der Waals surface area contributed by atoms with Gasteiger partial charge in [0.15, 0.2) is 0 Å². The van der Waals surface area contributed by atoms with E-state index in [4.69, 9.17) is 4.42 Å². The van der Waals surface area contributed by atoms with E-state index in [1.54, 1.807) is 0 Å². The fraction of sp³-hybridized carbons (Fsp3) is 0.432. The number of hydrogen-bond acceptors (Lipinski definition) is 3. The van der Waals surface area contributed by atoms with Crippen LogP contribution in [-0.4, -0.2) is 6.71 Å². The van der Waals surface area contributed by atoms with Gasteiger partial charge in [-0.25, -0.2) is 0 Å². The molecule has 0 saturated carbocycles. The highest BCUT2D eigenvalue weighted by Gasteiger charge is 2.50. The van der Waals surface area contributed by atoms with Gasteiger partial charge in [0.25, 0.3) is 6.71 Å². The van der Waals surface area contributed by atoms with Gasteiger partial charge in [-0.2, -0.15) is 0 Å². The van der Waals surface area contributed by atoms with Crippen LogP contribution in [0.1, 0.15) is 208 Å². The molecular formula is C74H85BN2O. The lowest BCUT2D eigenvalue weighted by atomic mass is 9.32. The van der Waals surface area contributed by atoms with Gasteiger partial charge in [0.2, 0.25) is 0 Å². The number of hydrogen-bond donors (Lipinski definition) is 0. The van der Waals surface area contributed by atoms with Crippen molar-refractivity contribution in [2.45, 2.75) is 206 Å². The lowest BCUT2D eigenvalue weighted by molar-refractivity contribution is 0.332. The van der Waals surface area contributed by atoms with Crippen LogP contribution in [0.25, 0.3) is 33.1 Å². The summed E-state index contributed by atoms with van der Waals surface area (Å²) in [5, 5.41) is 2.43. The number of furan rings is 1. The van der Waals surface area contributed by atoms with Crippen LogP contribution in [0.4, 0.5) is 34.1 Å². The lowest BCUT2D eigenvalue weighted by Crippen LogP contribution is -2.62. The van der Waals surface area contributed by atoms with Crippen molar-refractivity contribution < 1.29 is 4.42 Å². The van der Waals surface area contributed by atoms with Crippen molar-refractivity contribution in [2.75, 3.05) is 9.80 Å². The van der Waals surface area contributed by atoms with Crippen molar-refractivity contribution in [1.29, 1.82) is 0 Å². The molecule has 3 nitrogen and oxygen atoms in total. The summed E-state index contributed by atoms with van der Waals surface area (Å²) in [6, 6.07) is 46.5. The predicted molar refractivity (Wildman–Crippen MR) is 336 cm³/mol. The molecule has 0 saturated heterocycles. The lowest BCUT2D eigenvalue weighted by Gasteiger charge is -2.48. The number of benzene rings is 7. The highest BCUT2D eigenvalue weighted by molar-refractivity contribution is 7.01. The molecule has 0 atom stereocenters. The average Bonchev–Trinajstić information content (AvgIpc) is 3.81. The predicted octanol–water partition coefficient (Wildman–Crippen LogP) is 19.0. The van der Waals surface area contributed by atoms with Gasteiger partial charge in [0.05, 0.1) is 5.69 Å². The molecule has 0 radical (unpaired) electrons. The Hall–Kier alpha value is -6.00. The van der Waals surface area contributed by atoms with E-state index in [-0.39, 0.29) is 50.0 Å². The molecule has 0 unspecified atom stereocenters. The second-order valence-electron chi connectivity index (χ2n) is 31.0.